The molecule has 18 heavy (non-hydrogen) atoms. The zero-order valence-electron chi connectivity index (χ0n) is 9.83. The van der Waals surface area contributed by atoms with Crippen molar-refractivity contribution in [1.29, 1.82) is 5.26 Å². The minimum absolute atomic E-state index is 0.410. The second-order valence-corrected chi connectivity index (χ2v) is 3.66. The average Bonchev–Trinajstić information content (AvgIpc) is 2.86. The molecule has 0 fully saturated rings. The first-order valence-electron chi connectivity index (χ1n) is 5.33. The van der Waals surface area contributed by atoms with Gasteiger partial charge in [-0.15, -0.1) is 0 Å². The number of carbonyl (C=O) groups is 1. The Hall–Kier alpha value is -2.61. The molecule has 0 aliphatic heterocycles. The van der Waals surface area contributed by atoms with Gasteiger partial charge in [-0.2, -0.15) is 5.26 Å². The molecular weight excluding hydrogens is 230 g/mol. The Morgan fingerprint density at radius 2 is 2.33 bits per heavy atom. The quantitative estimate of drug-likeness (QED) is 0.765. The van der Waals surface area contributed by atoms with Crippen molar-refractivity contribution in [2.45, 2.75) is 6.54 Å². The van der Waals surface area contributed by atoms with Crippen LogP contribution in [-0.4, -0.2) is 22.6 Å². The third-order valence-electron chi connectivity index (χ3n) is 2.52. The average molecular weight is 241 g/mol. The van der Waals surface area contributed by atoms with Gasteiger partial charge >= 0.3 is 5.97 Å². The molecule has 0 saturated carbocycles. The second-order valence-electron chi connectivity index (χ2n) is 3.66. The minimum atomic E-state index is -0.410. The van der Waals surface area contributed by atoms with Gasteiger partial charge in [0, 0.05) is 12.4 Å². The van der Waals surface area contributed by atoms with Crippen LogP contribution in [0.4, 0.5) is 0 Å². The zero-order chi connectivity index (χ0) is 13.0. The number of methoxy groups -OCH3 is 1. The van der Waals surface area contributed by atoms with Crippen LogP contribution in [0, 0.1) is 11.3 Å². The van der Waals surface area contributed by atoms with Crippen molar-refractivity contribution in [2.24, 2.45) is 0 Å². The molecule has 0 amide bonds. The molecule has 0 spiro atoms. The Morgan fingerprint density at radius 3 is 2.94 bits per heavy atom. The molecule has 0 N–H and O–H groups in total. The van der Waals surface area contributed by atoms with Crippen molar-refractivity contribution >= 4 is 5.97 Å². The largest absolute Gasteiger partial charge is 0.465 e. The molecule has 2 aromatic heterocycles. The Kier molecular flexibility index (Phi) is 3.39. The van der Waals surface area contributed by atoms with Crippen LogP contribution in [0.25, 0.3) is 0 Å². The fraction of sp³-hybridized carbons (Fsp3) is 0.154. The highest BCUT2D eigenvalue weighted by molar-refractivity contribution is 5.88. The lowest BCUT2D eigenvalue weighted by Gasteiger charge is -2.05. The van der Waals surface area contributed by atoms with Crippen molar-refractivity contribution in [3.8, 4) is 6.07 Å². The first-order valence-corrected chi connectivity index (χ1v) is 5.33. The number of nitriles is 1. The number of ether oxygens (including phenoxy) is 1. The molecular formula is C13H11N3O2. The number of rotatable bonds is 3. The van der Waals surface area contributed by atoms with Gasteiger partial charge in [0.15, 0.2) is 0 Å². The van der Waals surface area contributed by atoms with Crippen LogP contribution in [0.15, 0.2) is 36.7 Å². The minimum Gasteiger partial charge on any atom is -0.465 e. The first-order chi connectivity index (χ1) is 8.74. The summed E-state index contributed by atoms with van der Waals surface area (Å²) in [6, 6.07) is 9.04. The van der Waals surface area contributed by atoms with Gasteiger partial charge in [-0.3, -0.25) is 4.98 Å². The number of esters is 1. The molecule has 5 heteroatoms. The molecule has 2 rings (SSSR count). The fourth-order valence-corrected chi connectivity index (χ4v) is 1.58. The molecule has 2 aromatic rings. The number of nitrogens with zero attached hydrogens (tertiary/aromatic N) is 3. The molecule has 90 valence electrons. The van der Waals surface area contributed by atoms with Crippen LogP contribution in [0.1, 0.15) is 21.7 Å². The van der Waals surface area contributed by atoms with Gasteiger partial charge in [0.2, 0.25) is 0 Å². The molecule has 0 unspecified atom stereocenters. The SMILES string of the molecule is COC(=O)c1ccc(Cn2cccc2C#N)nc1. The number of aromatic nitrogens is 2. The van der Waals surface area contributed by atoms with Crippen molar-refractivity contribution in [3.05, 3.63) is 53.6 Å². The van der Waals surface area contributed by atoms with Crippen LogP contribution in [0.5, 0.6) is 0 Å². The van der Waals surface area contributed by atoms with Crippen LogP contribution in [-0.2, 0) is 11.3 Å². The molecule has 0 bridgehead atoms. The van der Waals surface area contributed by atoms with Crippen molar-refractivity contribution in [1.82, 2.24) is 9.55 Å². The summed E-state index contributed by atoms with van der Waals surface area (Å²) >= 11 is 0. The van der Waals surface area contributed by atoms with Crippen LogP contribution < -0.4 is 0 Å². The normalized spacial score (nSPS) is 9.78. The number of pyridine rings is 1. The topological polar surface area (TPSA) is 67.9 Å². The zero-order valence-corrected chi connectivity index (χ0v) is 9.83. The Bertz CT molecular complexity index is 593. The Morgan fingerprint density at radius 1 is 1.50 bits per heavy atom. The summed E-state index contributed by atoms with van der Waals surface area (Å²) in [5.74, 6) is -0.410. The predicted octanol–water partition coefficient (Wildman–Crippen LogP) is 1.59. The summed E-state index contributed by atoms with van der Waals surface area (Å²) in [7, 11) is 1.33. The summed E-state index contributed by atoms with van der Waals surface area (Å²) < 4.78 is 6.38. The molecule has 0 saturated heterocycles. The number of hydrogen-bond donors (Lipinski definition) is 0. The predicted molar refractivity (Wildman–Crippen MR) is 63.8 cm³/mol. The Labute approximate surface area is 104 Å². The van der Waals surface area contributed by atoms with E-state index in [1.807, 2.05) is 6.20 Å². The molecule has 2 heterocycles. The summed E-state index contributed by atoms with van der Waals surface area (Å²) in [4.78, 5) is 15.4. The molecule has 0 aliphatic rings. The van der Waals surface area contributed by atoms with Gasteiger partial charge in [-0.25, -0.2) is 4.79 Å². The lowest BCUT2D eigenvalue weighted by molar-refractivity contribution is 0.0600. The van der Waals surface area contributed by atoms with Gasteiger partial charge in [0.1, 0.15) is 11.8 Å². The monoisotopic (exact) mass is 241 g/mol. The van der Waals surface area contributed by atoms with Crippen molar-refractivity contribution in [2.75, 3.05) is 7.11 Å². The van der Waals surface area contributed by atoms with Crippen LogP contribution >= 0.6 is 0 Å². The van der Waals surface area contributed by atoms with Crippen molar-refractivity contribution < 1.29 is 9.53 Å². The lowest BCUT2D eigenvalue weighted by atomic mass is 10.2. The van der Waals surface area contributed by atoms with E-state index >= 15 is 0 Å². The highest BCUT2D eigenvalue weighted by atomic mass is 16.5. The summed E-state index contributed by atoms with van der Waals surface area (Å²) in [5.41, 5.74) is 1.76. The van der Waals surface area contributed by atoms with E-state index in [4.69, 9.17) is 5.26 Å². The third kappa shape index (κ3) is 2.38. The number of carbonyl (C=O) groups excluding carboxylic acids is 1. The molecule has 0 aliphatic carbocycles. The van der Waals surface area contributed by atoms with Gasteiger partial charge in [0.25, 0.3) is 0 Å². The maximum Gasteiger partial charge on any atom is 0.339 e. The van der Waals surface area contributed by atoms with E-state index in [0.29, 0.717) is 17.8 Å². The fourth-order valence-electron chi connectivity index (χ4n) is 1.58. The second kappa shape index (κ2) is 5.15. The molecule has 0 radical (unpaired) electrons. The standard InChI is InChI=1S/C13H11N3O2/c1-18-13(17)10-4-5-11(15-8-10)9-16-6-2-3-12(16)7-14/h2-6,8H,9H2,1H3. The maximum absolute atomic E-state index is 11.2. The van der Waals surface area contributed by atoms with E-state index in [9.17, 15) is 4.79 Å². The van der Waals surface area contributed by atoms with Gasteiger partial charge < -0.3 is 9.30 Å². The molecule has 0 atom stereocenters. The van der Waals surface area contributed by atoms with E-state index < -0.39 is 5.97 Å². The van der Waals surface area contributed by atoms with E-state index in [0.717, 1.165) is 5.69 Å². The van der Waals surface area contributed by atoms with Gasteiger partial charge in [0.05, 0.1) is 24.9 Å². The van der Waals surface area contributed by atoms with Gasteiger partial charge in [-0.05, 0) is 24.3 Å². The third-order valence-corrected chi connectivity index (χ3v) is 2.52. The highest BCUT2D eigenvalue weighted by Crippen LogP contribution is 2.07. The highest BCUT2D eigenvalue weighted by Gasteiger charge is 2.06. The van der Waals surface area contributed by atoms with Gasteiger partial charge in [-0.1, -0.05) is 0 Å². The molecule has 0 aromatic carbocycles. The van der Waals surface area contributed by atoms with E-state index in [1.165, 1.54) is 13.3 Å². The van der Waals surface area contributed by atoms with Crippen molar-refractivity contribution in [3.63, 3.8) is 0 Å². The van der Waals surface area contributed by atoms with Crippen LogP contribution in [0.3, 0.4) is 0 Å². The summed E-state index contributed by atoms with van der Waals surface area (Å²) in [6.45, 7) is 0.497. The van der Waals surface area contributed by atoms with E-state index in [1.54, 1.807) is 28.8 Å². The Balaban J connectivity index is 2.16. The van der Waals surface area contributed by atoms with E-state index in [-0.39, 0.29) is 0 Å². The van der Waals surface area contributed by atoms with Crippen LogP contribution in [0.2, 0.25) is 0 Å². The summed E-state index contributed by atoms with van der Waals surface area (Å²) in [6.07, 6.45) is 3.28. The molecule has 5 nitrogen and oxygen atoms in total. The summed E-state index contributed by atoms with van der Waals surface area (Å²) in [5, 5.41) is 8.88. The lowest BCUT2D eigenvalue weighted by Crippen LogP contribution is -2.05. The first kappa shape index (κ1) is 11.9. The number of hydrogen-bond acceptors (Lipinski definition) is 4. The van der Waals surface area contributed by atoms with E-state index in [2.05, 4.69) is 15.8 Å². The smallest absolute Gasteiger partial charge is 0.339 e. The maximum atomic E-state index is 11.2.